The van der Waals surface area contributed by atoms with Crippen molar-refractivity contribution < 1.29 is 4.79 Å². The van der Waals surface area contributed by atoms with E-state index in [-0.39, 0.29) is 6.03 Å². The number of hydrogen-bond donors (Lipinski definition) is 2. The van der Waals surface area contributed by atoms with Crippen molar-refractivity contribution in [3.05, 3.63) is 68.9 Å². The third-order valence-corrected chi connectivity index (χ3v) is 3.40. The first kappa shape index (κ1) is 14.9. The Labute approximate surface area is 136 Å². The largest absolute Gasteiger partial charge is 0.323 e. The van der Waals surface area contributed by atoms with Crippen molar-refractivity contribution in [1.29, 1.82) is 0 Å². The number of amides is 2. The van der Waals surface area contributed by atoms with Gasteiger partial charge in [0.1, 0.15) is 0 Å². The highest BCUT2D eigenvalue weighted by Gasteiger charge is 1.98. The Kier molecular flexibility index (Phi) is 5.43. The summed E-state index contributed by atoms with van der Waals surface area (Å²) in [5.74, 6) is 0. The van der Waals surface area contributed by atoms with Gasteiger partial charge >= 0.3 is 6.03 Å². The molecular formula is C15H12ClIN2O. The van der Waals surface area contributed by atoms with E-state index in [2.05, 4.69) is 33.2 Å². The minimum Gasteiger partial charge on any atom is -0.314 e. The van der Waals surface area contributed by atoms with Gasteiger partial charge in [0.15, 0.2) is 0 Å². The lowest BCUT2D eigenvalue weighted by Gasteiger charge is -2.04. The molecule has 0 saturated carbocycles. The summed E-state index contributed by atoms with van der Waals surface area (Å²) in [5, 5.41) is 6.04. The fraction of sp³-hybridized carbons (Fsp3) is 0. The molecule has 0 heterocycles. The van der Waals surface area contributed by atoms with Crippen LogP contribution in [-0.4, -0.2) is 6.03 Å². The van der Waals surface area contributed by atoms with Gasteiger partial charge in [0.25, 0.3) is 0 Å². The van der Waals surface area contributed by atoms with Gasteiger partial charge in [-0.25, -0.2) is 4.79 Å². The zero-order valence-electron chi connectivity index (χ0n) is 10.4. The van der Waals surface area contributed by atoms with Crippen molar-refractivity contribution in [2.45, 2.75) is 0 Å². The second kappa shape index (κ2) is 7.31. The summed E-state index contributed by atoms with van der Waals surface area (Å²) in [7, 11) is 0. The summed E-state index contributed by atoms with van der Waals surface area (Å²) < 4.78 is 1.12. The van der Waals surface area contributed by atoms with Crippen LogP contribution in [0.4, 0.5) is 10.5 Å². The third kappa shape index (κ3) is 4.86. The lowest BCUT2D eigenvalue weighted by Crippen LogP contribution is -2.23. The maximum absolute atomic E-state index is 11.7. The van der Waals surface area contributed by atoms with E-state index in [9.17, 15) is 4.79 Å². The minimum absolute atomic E-state index is 0.288. The maximum Gasteiger partial charge on any atom is 0.323 e. The molecule has 3 nitrogen and oxygen atoms in total. The molecule has 2 aromatic rings. The smallest absolute Gasteiger partial charge is 0.314 e. The third-order valence-electron chi connectivity index (χ3n) is 2.44. The second-order valence-electron chi connectivity index (χ2n) is 3.99. The van der Waals surface area contributed by atoms with Crippen molar-refractivity contribution in [2.75, 3.05) is 5.32 Å². The number of benzene rings is 2. The Morgan fingerprint density at radius 1 is 1.15 bits per heavy atom. The van der Waals surface area contributed by atoms with Gasteiger partial charge in [0, 0.05) is 20.5 Å². The summed E-state index contributed by atoms with van der Waals surface area (Å²) >= 11 is 8.08. The molecule has 2 N–H and O–H groups in total. The molecule has 0 atom stereocenters. The van der Waals surface area contributed by atoms with Crippen molar-refractivity contribution >= 4 is 52.0 Å². The predicted octanol–water partition coefficient (Wildman–Crippen LogP) is 4.74. The Balaban J connectivity index is 1.87. The molecule has 0 spiro atoms. The highest BCUT2D eigenvalue weighted by atomic mass is 127. The van der Waals surface area contributed by atoms with E-state index >= 15 is 0 Å². The van der Waals surface area contributed by atoms with Crippen LogP contribution in [0.5, 0.6) is 0 Å². The average Bonchev–Trinajstić information content (AvgIpc) is 2.41. The van der Waals surface area contributed by atoms with E-state index in [0.29, 0.717) is 5.02 Å². The van der Waals surface area contributed by atoms with E-state index in [1.54, 1.807) is 18.3 Å². The first-order valence-electron chi connectivity index (χ1n) is 5.89. The fourth-order valence-corrected chi connectivity index (χ4v) is 2.08. The number of urea groups is 1. The zero-order valence-corrected chi connectivity index (χ0v) is 13.4. The average molecular weight is 399 g/mol. The molecule has 5 heteroatoms. The minimum atomic E-state index is -0.288. The number of carbonyl (C=O) groups excluding carboxylic acids is 1. The van der Waals surface area contributed by atoms with Crippen LogP contribution >= 0.6 is 34.2 Å². The van der Waals surface area contributed by atoms with Crippen LogP contribution in [0.3, 0.4) is 0 Å². The van der Waals surface area contributed by atoms with Gasteiger partial charge in [-0.3, -0.25) is 0 Å². The van der Waals surface area contributed by atoms with Crippen LogP contribution in [0.2, 0.25) is 5.02 Å². The molecule has 0 saturated heterocycles. The highest BCUT2D eigenvalue weighted by molar-refractivity contribution is 14.1. The van der Waals surface area contributed by atoms with Gasteiger partial charge < -0.3 is 10.6 Å². The molecule has 0 aliphatic rings. The van der Waals surface area contributed by atoms with E-state index < -0.39 is 0 Å². The molecule has 20 heavy (non-hydrogen) atoms. The van der Waals surface area contributed by atoms with Crippen molar-refractivity contribution in [2.24, 2.45) is 0 Å². The monoisotopic (exact) mass is 398 g/mol. The van der Waals surface area contributed by atoms with Gasteiger partial charge in [0.05, 0.1) is 0 Å². The van der Waals surface area contributed by atoms with Crippen LogP contribution in [0.15, 0.2) is 54.7 Å². The number of halogens is 2. The molecule has 2 rings (SSSR count). The molecule has 0 fully saturated rings. The van der Waals surface area contributed by atoms with Gasteiger partial charge in [-0.2, -0.15) is 0 Å². The van der Waals surface area contributed by atoms with Crippen molar-refractivity contribution in [1.82, 2.24) is 5.32 Å². The molecule has 0 aromatic heterocycles. The Bertz CT molecular complexity index is 626. The van der Waals surface area contributed by atoms with E-state index in [1.165, 1.54) is 0 Å². The van der Waals surface area contributed by atoms with Crippen molar-refractivity contribution in [3.8, 4) is 0 Å². The molecular weight excluding hydrogens is 387 g/mol. The lowest BCUT2D eigenvalue weighted by atomic mass is 10.2. The summed E-state index contributed by atoms with van der Waals surface area (Å²) in [6.45, 7) is 0. The summed E-state index contributed by atoms with van der Waals surface area (Å²) in [6.07, 6.45) is 3.35. The molecule has 0 bridgehead atoms. The zero-order chi connectivity index (χ0) is 14.4. The van der Waals surface area contributed by atoms with Crippen molar-refractivity contribution in [3.63, 3.8) is 0 Å². The number of carbonyl (C=O) groups is 1. The molecule has 0 radical (unpaired) electrons. The van der Waals surface area contributed by atoms with Gasteiger partial charge in [0.2, 0.25) is 0 Å². The molecule has 0 aliphatic heterocycles. The second-order valence-corrected chi connectivity index (χ2v) is 5.68. The molecule has 0 unspecified atom stereocenters. The van der Waals surface area contributed by atoms with Gasteiger partial charge in [-0.05, 0) is 70.6 Å². The fourth-order valence-electron chi connectivity index (χ4n) is 1.52. The van der Waals surface area contributed by atoms with Crippen LogP contribution in [0.25, 0.3) is 6.08 Å². The normalized spacial score (nSPS) is 10.5. The summed E-state index contributed by atoms with van der Waals surface area (Å²) in [4.78, 5) is 11.7. The molecule has 2 amide bonds. The first-order valence-corrected chi connectivity index (χ1v) is 7.34. The Hall–Kier alpha value is -1.53. The quantitative estimate of drug-likeness (QED) is 0.721. The molecule has 2 aromatic carbocycles. The van der Waals surface area contributed by atoms with Crippen LogP contribution in [-0.2, 0) is 0 Å². The molecule has 102 valence electrons. The number of hydrogen-bond acceptors (Lipinski definition) is 1. The topological polar surface area (TPSA) is 41.1 Å². The summed E-state index contributed by atoms with van der Waals surface area (Å²) in [6, 6.07) is 14.6. The number of anilines is 1. The van der Waals surface area contributed by atoms with E-state index in [4.69, 9.17) is 11.6 Å². The standard InChI is InChI=1S/C15H12ClIN2O/c16-12-3-1-2-11(10-12)8-9-18-15(20)19-14-6-4-13(17)5-7-14/h1-10H,(H2,18,19,20)/b9-8+. The predicted molar refractivity (Wildman–Crippen MR) is 91.8 cm³/mol. The van der Waals surface area contributed by atoms with Crippen LogP contribution in [0.1, 0.15) is 5.56 Å². The van der Waals surface area contributed by atoms with E-state index in [1.807, 2.05) is 42.5 Å². The maximum atomic E-state index is 11.7. The SMILES string of the molecule is O=C(N/C=C/c1cccc(Cl)c1)Nc1ccc(I)cc1. The highest BCUT2D eigenvalue weighted by Crippen LogP contribution is 2.12. The van der Waals surface area contributed by atoms with Gasteiger partial charge in [-0.15, -0.1) is 0 Å². The van der Waals surface area contributed by atoms with Gasteiger partial charge in [-0.1, -0.05) is 23.7 Å². The Morgan fingerprint density at radius 3 is 2.60 bits per heavy atom. The number of rotatable bonds is 3. The first-order chi connectivity index (χ1) is 9.63. The molecule has 0 aliphatic carbocycles. The number of nitrogens with one attached hydrogen (secondary N) is 2. The van der Waals surface area contributed by atoms with Crippen LogP contribution < -0.4 is 10.6 Å². The van der Waals surface area contributed by atoms with Crippen LogP contribution in [0, 0.1) is 3.57 Å². The summed E-state index contributed by atoms with van der Waals surface area (Å²) in [5.41, 5.74) is 1.67. The van der Waals surface area contributed by atoms with E-state index in [0.717, 1.165) is 14.8 Å². The Morgan fingerprint density at radius 2 is 1.90 bits per heavy atom. The lowest BCUT2D eigenvalue weighted by molar-refractivity contribution is 0.255.